The predicted molar refractivity (Wildman–Crippen MR) is 113 cm³/mol. The SMILES string of the molecule is CCOc1ccc(N2C(=O)CCS2(=O)=O)cc1S(=O)(=O)N[C@@H](C)C(=O)Nc1cc(C)on1. The molecule has 0 saturated carbocycles. The lowest BCUT2D eigenvalue weighted by atomic mass is 10.3. The standard InChI is InChI=1S/C18H22N4O8S2/c1-4-29-14-6-5-13(22-17(23)7-8-31(22,25)26)10-15(14)32(27,28)21-12(3)18(24)19-16-9-11(2)30-20-16/h5-6,9-10,12,21H,4,7-8H2,1-3H3,(H,19,20,24)/t12-/m0/s1. The van der Waals surface area contributed by atoms with Gasteiger partial charge in [-0.05, 0) is 39.0 Å². The largest absolute Gasteiger partial charge is 0.492 e. The minimum atomic E-state index is -4.36. The van der Waals surface area contributed by atoms with Crippen molar-refractivity contribution in [2.75, 3.05) is 22.0 Å². The number of carbonyl (C=O) groups is 2. The third-order valence-electron chi connectivity index (χ3n) is 4.43. The van der Waals surface area contributed by atoms with Crippen LogP contribution in [0.4, 0.5) is 11.5 Å². The van der Waals surface area contributed by atoms with Gasteiger partial charge in [0.1, 0.15) is 16.4 Å². The molecule has 1 aliphatic rings. The number of aromatic nitrogens is 1. The molecule has 1 atom stereocenters. The van der Waals surface area contributed by atoms with Gasteiger partial charge in [0.2, 0.25) is 31.9 Å². The molecule has 1 aromatic heterocycles. The molecule has 14 heteroatoms. The average Bonchev–Trinajstić information content (AvgIpc) is 3.23. The summed E-state index contributed by atoms with van der Waals surface area (Å²) in [5, 5.41) is 6.02. The molecule has 1 aliphatic heterocycles. The van der Waals surface area contributed by atoms with Gasteiger partial charge in [-0.15, -0.1) is 0 Å². The Balaban J connectivity index is 1.91. The van der Waals surface area contributed by atoms with E-state index < -0.39 is 42.8 Å². The number of benzene rings is 1. The van der Waals surface area contributed by atoms with Crippen molar-refractivity contribution in [3.05, 3.63) is 30.0 Å². The molecule has 3 rings (SSSR count). The van der Waals surface area contributed by atoms with Gasteiger partial charge in [0.25, 0.3) is 0 Å². The van der Waals surface area contributed by atoms with E-state index in [9.17, 15) is 26.4 Å². The monoisotopic (exact) mass is 486 g/mol. The van der Waals surface area contributed by atoms with Crippen LogP contribution in [0.2, 0.25) is 0 Å². The summed E-state index contributed by atoms with van der Waals surface area (Å²) in [6.45, 7) is 4.72. The fourth-order valence-electron chi connectivity index (χ4n) is 2.99. The van der Waals surface area contributed by atoms with Gasteiger partial charge in [-0.2, -0.15) is 4.72 Å². The summed E-state index contributed by atoms with van der Waals surface area (Å²) in [6.07, 6.45) is -0.200. The Morgan fingerprint density at radius 3 is 2.62 bits per heavy atom. The van der Waals surface area contributed by atoms with Crippen molar-refractivity contribution in [2.45, 2.75) is 38.1 Å². The van der Waals surface area contributed by atoms with Gasteiger partial charge in [0.05, 0.1) is 24.1 Å². The Hall–Kier alpha value is -2.97. The molecule has 32 heavy (non-hydrogen) atoms. The molecule has 2 aromatic rings. The summed E-state index contributed by atoms with van der Waals surface area (Å²) < 4.78 is 63.6. The fourth-order valence-corrected chi connectivity index (χ4v) is 5.80. The van der Waals surface area contributed by atoms with Crippen LogP contribution in [0.25, 0.3) is 0 Å². The minimum Gasteiger partial charge on any atom is -0.492 e. The van der Waals surface area contributed by atoms with E-state index in [2.05, 4.69) is 15.2 Å². The second kappa shape index (κ2) is 8.88. The van der Waals surface area contributed by atoms with Crippen molar-refractivity contribution >= 4 is 43.4 Å². The zero-order valence-electron chi connectivity index (χ0n) is 17.5. The van der Waals surface area contributed by atoms with E-state index in [4.69, 9.17) is 9.26 Å². The lowest BCUT2D eigenvalue weighted by molar-refractivity contribution is -0.117. The Morgan fingerprint density at radius 1 is 1.34 bits per heavy atom. The first kappa shape index (κ1) is 23.7. The van der Waals surface area contributed by atoms with E-state index in [1.165, 1.54) is 25.1 Å². The normalized spacial score (nSPS) is 16.7. The number of amides is 2. The topological polar surface area (TPSA) is 165 Å². The van der Waals surface area contributed by atoms with Gasteiger partial charge in [-0.3, -0.25) is 9.59 Å². The number of nitrogens with one attached hydrogen (secondary N) is 2. The molecule has 2 heterocycles. The lowest BCUT2D eigenvalue weighted by Crippen LogP contribution is -2.41. The molecule has 12 nitrogen and oxygen atoms in total. The van der Waals surface area contributed by atoms with Crippen LogP contribution in [-0.4, -0.2) is 52.2 Å². The van der Waals surface area contributed by atoms with Crippen LogP contribution in [0.3, 0.4) is 0 Å². The zero-order valence-corrected chi connectivity index (χ0v) is 19.1. The highest BCUT2D eigenvalue weighted by atomic mass is 32.2. The molecule has 2 N–H and O–H groups in total. The number of anilines is 2. The summed E-state index contributed by atoms with van der Waals surface area (Å²) in [5.74, 6) is -1.22. The molecule has 0 radical (unpaired) electrons. The van der Waals surface area contributed by atoms with Gasteiger partial charge in [-0.25, -0.2) is 21.1 Å². The van der Waals surface area contributed by atoms with Gasteiger partial charge >= 0.3 is 0 Å². The van der Waals surface area contributed by atoms with E-state index in [0.29, 0.717) is 10.1 Å². The fraction of sp³-hybridized carbons (Fsp3) is 0.389. The molecule has 0 aliphatic carbocycles. The Kier molecular flexibility index (Phi) is 6.57. The molecule has 0 spiro atoms. The molecule has 1 aromatic carbocycles. The second-order valence-electron chi connectivity index (χ2n) is 6.94. The van der Waals surface area contributed by atoms with E-state index in [0.717, 1.165) is 6.07 Å². The van der Waals surface area contributed by atoms with E-state index in [-0.39, 0.29) is 36.0 Å². The van der Waals surface area contributed by atoms with Crippen molar-refractivity contribution in [3.63, 3.8) is 0 Å². The maximum absolute atomic E-state index is 13.1. The number of hydrogen-bond donors (Lipinski definition) is 2. The van der Waals surface area contributed by atoms with Crippen LogP contribution in [0.5, 0.6) is 5.75 Å². The Morgan fingerprint density at radius 2 is 2.06 bits per heavy atom. The Labute approximate surface area is 185 Å². The van der Waals surface area contributed by atoms with E-state index >= 15 is 0 Å². The quantitative estimate of drug-likeness (QED) is 0.548. The van der Waals surface area contributed by atoms with E-state index in [1.807, 2.05) is 0 Å². The number of sulfonamides is 2. The van der Waals surface area contributed by atoms with E-state index in [1.54, 1.807) is 13.8 Å². The summed E-state index contributed by atoms with van der Waals surface area (Å²) in [6, 6.07) is 3.81. The molecule has 174 valence electrons. The molecular weight excluding hydrogens is 464 g/mol. The van der Waals surface area contributed by atoms with Crippen molar-refractivity contribution in [2.24, 2.45) is 0 Å². The van der Waals surface area contributed by atoms with Crippen molar-refractivity contribution < 1.29 is 35.7 Å². The number of carbonyl (C=O) groups excluding carboxylic acids is 2. The van der Waals surface area contributed by atoms with Crippen molar-refractivity contribution in [1.29, 1.82) is 0 Å². The summed E-state index contributed by atoms with van der Waals surface area (Å²) in [5.41, 5.74) is -0.133. The maximum atomic E-state index is 13.1. The Bertz CT molecular complexity index is 1250. The highest BCUT2D eigenvalue weighted by Gasteiger charge is 2.37. The van der Waals surface area contributed by atoms with Gasteiger partial charge in [-0.1, -0.05) is 5.16 Å². The molecule has 2 amide bonds. The minimum absolute atomic E-state index is 0.0625. The third kappa shape index (κ3) is 4.92. The number of rotatable bonds is 8. The van der Waals surface area contributed by atoms with Crippen molar-refractivity contribution in [1.82, 2.24) is 9.88 Å². The second-order valence-corrected chi connectivity index (χ2v) is 10.6. The zero-order chi connectivity index (χ0) is 23.7. The molecule has 0 bridgehead atoms. The van der Waals surface area contributed by atoms with Gasteiger partial charge < -0.3 is 14.6 Å². The first-order valence-electron chi connectivity index (χ1n) is 9.54. The van der Waals surface area contributed by atoms with Crippen LogP contribution >= 0.6 is 0 Å². The van der Waals surface area contributed by atoms with Crippen molar-refractivity contribution in [3.8, 4) is 5.75 Å². The molecule has 1 fully saturated rings. The molecular formula is C18H22N4O8S2. The van der Waals surface area contributed by atoms with Gasteiger partial charge in [0.15, 0.2) is 5.82 Å². The number of ether oxygens (including phenoxy) is 1. The first-order chi connectivity index (χ1) is 14.9. The number of nitrogens with zero attached hydrogens (tertiary/aromatic N) is 2. The molecule has 0 unspecified atom stereocenters. The number of hydrogen-bond acceptors (Lipinski definition) is 9. The van der Waals surface area contributed by atoms with Crippen LogP contribution in [-0.2, 0) is 29.6 Å². The summed E-state index contributed by atoms with van der Waals surface area (Å²) in [4.78, 5) is 24.0. The van der Waals surface area contributed by atoms with Crippen LogP contribution in [0.1, 0.15) is 26.0 Å². The lowest BCUT2D eigenvalue weighted by Gasteiger charge is -2.19. The third-order valence-corrected chi connectivity index (χ3v) is 7.69. The average molecular weight is 487 g/mol. The maximum Gasteiger partial charge on any atom is 0.245 e. The summed E-state index contributed by atoms with van der Waals surface area (Å²) >= 11 is 0. The predicted octanol–water partition coefficient (Wildman–Crippen LogP) is 0.754. The highest BCUT2D eigenvalue weighted by Crippen LogP contribution is 2.32. The van der Waals surface area contributed by atoms with Gasteiger partial charge in [0, 0.05) is 12.5 Å². The number of aryl methyl sites for hydroxylation is 1. The summed E-state index contributed by atoms with van der Waals surface area (Å²) in [7, 11) is -8.26. The van der Waals surface area contributed by atoms with Crippen LogP contribution in [0, 0.1) is 6.92 Å². The highest BCUT2D eigenvalue weighted by molar-refractivity contribution is 7.94. The van der Waals surface area contributed by atoms with Crippen LogP contribution < -0.4 is 19.1 Å². The van der Waals surface area contributed by atoms with Crippen LogP contribution in [0.15, 0.2) is 33.7 Å². The molecule has 1 saturated heterocycles. The smallest absolute Gasteiger partial charge is 0.245 e. The first-order valence-corrected chi connectivity index (χ1v) is 12.6.